The SMILES string of the molecule is C.CC(C)Cc1ccc([C@H](C)C(=O)O)cc1.[2HH].[B]. The van der Waals surface area contributed by atoms with Crippen molar-refractivity contribution in [2.45, 2.75) is 40.5 Å². The predicted molar refractivity (Wildman–Crippen MR) is 75.6 cm³/mol. The lowest BCUT2D eigenvalue weighted by Gasteiger charge is -2.09. The highest BCUT2D eigenvalue weighted by molar-refractivity contribution is 5.75. The van der Waals surface area contributed by atoms with Crippen molar-refractivity contribution in [3.8, 4) is 0 Å². The molecule has 1 N–H and O–H groups in total. The molecule has 3 heteroatoms. The van der Waals surface area contributed by atoms with Crippen LogP contribution in [0, 0.1) is 5.92 Å². The minimum absolute atomic E-state index is 0. The van der Waals surface area contributed by atoms with Crippen LogP contribution in [-0.2, 0) is 11.2 Å². The summed E-state index contributed by atoms with van der Waals surface area (Å²) in [5.74, 6) is -0.558. The molecule has 0 fully saturated rings. The summed E-state index contributed by atoms with van der Waals surface area (Å²) in [6, 6.07) is 7.87. The van der Waals surface area contributed by atoms with Gasteiger partial charge in [0, 0.05) is 9.84 Å². The molecule has 0 bridgehead atoms. The molecule has 0 amide bonds. The van der Waals surface area contributed by atoms with Crippen LogP contribution in [0.1, 0.15) is 46.7 Å². The van der Waals surface area contributed by atoms with E-state index in [4.69, 9.17) is 5.11 Å². The van der Waals surface area contributed by atoms with Gasteiger partial charge in [0.15, 0.2) is 0 Å². The fourth-order valence-corrected chi connectivity index (χ4v) is 1.56. The number of carboxylic acids is 1. The molecule has 3 radical (unpaired) electrons. The van der Waals surface area contributed by atoms with E-state index < -0.39 is 11.9 Å². The second kappa shape index (κ2) is 7.94. The molecular weight excluding hydrogens is 211 g/mol. The molecule has 0 unspecified atom stereocenters. The van der Waals surface area contributed by atoms with Crippen LogP contribution in [-0.4, -0.2) is 19.5 Å². The van der Waals surface area contributed by atoms with Crippen LogP contribution in [0.5, 0.6) is 0 Å². The lowest BCUT2D eigenvalue weighted by Crippen LogP contribution is -2.07. The van der Waals surface area contributed by atoms with Crippen molar-refractivity contribution in [3.05, 3.63) is 35.4 Å². The molecule has 0 saturated carbocycles. The van der Waals surface area contributed by atoms with Crippen molar-refractivity contribution in [2.75, 3.05) is 0 Å². The fraction of sp³-hybridized carbons (Fsp3) is 0.500. The average molecular weight is 236 g/mol. The summed E-state index contributed by atoms with van der Waals surface area (Å²) in [6.07, 6.45) is 1.04. The summed E-state index contributed by atoms with van der Waals surface area (Å²) in [7, 11) is 0. The number of carboxylic acid groups (broad SMARTS) is 1. The molecule has 1 rings (SSSR count). The summed E-state index contributed by atoms with van der Waals surface area (Å²) in [4.78, 5) is 10.8. The number of hydrogen-bond acceptors (Lipinski definition) is 1. The van der Waals surface area contributed by atoms with E-state index in [1.54, 1.807) is 6.92 Å². The maximum atomic E-state index is 10.8. The minimum atomic E-state index is -0.772. The molecule has 1 atom stereocenters. The molecular formula is C14H24BO2. The summed E-state index contributed by atoms with van der Waals surface area (Å²) >= 11 is 0. The molecule has 0 aliphatic carbocycles. The molecule has 1 aromatic rings. The highest BCUT2D eigenvalue weighted by Gasteiger charge is 2.12. The number of aliphatic carboxylic acids is 1. The normalized spacial score (nSPS) is 11.3. The van der Waals surface area contributed by atoms with Crippen LogP contribution in [0.25, 0.3) is 0 Å². The molecule has 0 spiro atoms. The van der Waals surface area contributed by atoms with Crippen molar-refractivity contribution in [1.82, 2.24) is 0 Å². The first kappa shape index (κ1) is 18.1. The van der Waals surface area contributed by atoms with E-state index in [0.29, 0.717) is 5.92 Å². The number of carbonyl (C=O) groups is 1. The molecule has 0 heterocycles. The van der Waals surface area contributed by atoms with Crippen LogP contribution in [0.2, 0.25) is 0 Å². The summed E-state index contributed by atoms with van der Waals surface area (Å²) < 4.78 is 0. The van der Waals surface area contributed by atoms with Crippen molar-refractivity contribution in [2.24, 2.45) is 5.92 Å². The smallest absolute Gasteiger partial charge is 0.310 e. The van der Waals surface area contributed by atoms with Gasteiger partial charge in [0.25, 0.3) is 0 Å². The van der Waals surface area contributed by atoms with E-state index in [9.17, 15) is 4.79 Å². The van der Waals surface area contributed by atoms with Crippen molar-refractivity contribution < 1.29 is 11.3 Å². The Morgan fingerprint density at radius 1 is 1.24 bits per heavy atom. The van der Waals surface area contributed by atoms with Crippen molar-refractivity contribution in [1.29, 1.82) is 0 Å². The van der Waals surface area contributed by atoms with Gasteiger partial charge in [0.2, 0.25) is 0 Å². The molecule has 0 aliphatic heterocycles. The topological polar surface area (TPSA) is 37.3 Å². The second-order valence-corrected chi connectivity index (χ2v) is 4.40. The largest absolute Gasteiger partial charge is 0.481 e. The molecule has 2 nitrogen and oxygen atoms in total. The first-order valence-corrected chi connectivity index (χ1v) is 5.32. The minimum Gasteiger partial charge on any atom is -0.481 e. The Morgan fingerprint density at radius 3 is 2.06 bits per heavy atom. The Bertz CT molecular complexity index is 336. The fourth-order valence-electron chi connectivity index (χ4n) is 1.56. The van der Waals surface area contributed by atoms with Gasteiger partial charge in [-0.3, -0.25) is 4.79 Å². The Kier molecular flexibility index (Phi) is 8.46. The van der Waals surface area contributed by atoms with Gasteiger partial charge in [0.1, 0.15) is 0 Å². The van der Waals surface area contributed by atoms with E-state index in [1.165, 1.54) is 5.56 Å². The quantitative estimate of drug-likeness (QED) is 0.811. The van der Waals surface area contributed by atoms with Gasteiger partial charge in [-0.15, -0.1) is 0 Å². The standard InChI is InChI=1S/C13H18O2.CH4.B.H2/c1-9(2)8-11-4-6-12(7-5-11)10(3)13(14)15;;;/h4-7,9-10H,8H2,1-3H3,(H,14,15);1H4;;1H/t10-;;;/m0.../s1/i;;;1+1. The number of rotatable bonds is 4. The second-order valence-electron chi connectivity index (χ2n) is 4.40. The zero-order valence-corrected chi connectivity index (χ0v) is 10.1. The summed E-state index contributed by atoms with van der Waals surface area (Å²) in [5.41, 5.74) is 2.14. The third kappa shape index (κ3) is 5.57. The highest BCUT2D eigenvalue weighted by Crippen LogP contribution is 2.17. The van der Waals surface area contributed by atoms with Crippen LogP contribution < -0.4 is 0 Å². The number of benzene rings is 1. The summed E-state index contributed by atoms with van der Waals surface area (Å²) in [5, 5.41) is 8.85. The van der Waals surface area contributed by atoms with Gasteiger partial charge < -0.3 is 5.11 Å². The molecule has 0 saturated heterocycles. The lowest BCUT2D eigenvalue weighted by molar-refractivity contribution is -0.138. The first-order valence-electron chi connectivity index (χ1n) is 5.32. The van der Waals surface area contributed by atoms with Crippen LogP contribution in [0.4, 0.5) is 0 Å². The van der Waals surface area contributed by atoms with Crippen molar-refractivity contribution in [3.63, 3.8) is 0 Å². The van der Waals surface area contributed by atoms with Crippen LogP contribution >= 0.6 is 0 Å². The van der Waals surface area contributed by atoms with Gasteiger partial charge in [-0.2, -0.15) is 0 Å². The highest BCUT2D eigenvalue weighted by atomic mass is 16.4. The molecule has 1 aromatic carbocycles. The molecule has 0 aliphatic rings. The van der Waals surface area contributed by atoms with E-state index in [2.05, 4.69) is 13.8 Å². The van der Waals surface area contributed by atoms with E-state index in [-0.39, 0.29) is 17.3 Å². The van der Waals surface area contributed by atoms with E-state index >= 15 is 0 Å². The van der Waals surface area contributed by atoms with Gasteiger partial charge in [-0.1, -0.05) is 45.5 Å². The monoisotopic (exact) mass is 236 g/mol. The molecule has 95 valence electrons. The Balaban J connectivity index is -0.000000750. The van der Waals surface area contributed by atoms with Crippen LogP contribution in [0.3, 0.4) is 0 Å². The maximum absolute atomic E-state index is 10.8. The molecule has 0 aromatic heterocycles. The van der Waals surface area contributed by atoms with Gasteiger partial charge in [-0.25, -0.2) is 0 Å². The third-order valence-electron chi connectivity index (χ3n) is 2.49. The van der Waals surface area contributed by atoms with Gasteiger partial charge in [-0.05, 0) is 30.4 Å². The lowest BCUT2D eigenvalue weighted by atomic mass is 9.97. The Hall–Kier alpha value is -1.25. The predicted octanol–water partition coefficient (Wildman–Crippen LogP) is 3.57. The average Bonchev–Trinajstić information content (AvgIpc) is 2.17. The number of hydrogen-bond donors (Lipinski definition) is 1. The summed E-state index contributed by atoms with van der Waals surface area (Å²) in [6.45, 7) is 6.06. The third-order valence-corrected chi connectivity index (χ3v) is 2.49. The van der Waals surface area contributed by atoms with Crippen LogP contribution in [0.15, 0.2) is 24.3 Å². The van der Waals surface area contributed by atoms with Gasteiger partial charge >= 0.3 is 5.97 Å². The zero-order valence-electron chi connectivity index (χ0n) is 10.1. The van der Waals surface area contributed by atoms with Gasteiger partial charge in [0.05, 0.1) is 5.92 Å². The van der Waals surface area contributed by atoms with E-state index in [1.807, 2.05) is 24.3 Å². The molecule has 17 heavy (non-hydrogen) atoms. The zero-order chi connectivity index (χ0) is 11.4. The Morgan fingerprint density at radius 2 is 1.71 bits per heavy atom. The van der Waals surface area contributed by atoms with E-state index in [0.717, 1.165) is 12.0 Å². The van der Waals surface area contributed by atoms with Crippen molar-refractivity contribution >= 4 is 14.4 Å². The maximum Gasteiger partial charge on any atom is 0.310 e. The first-order chi connectivity index (χ1) is 7.00. The Labute approximate surface area is 108 Å².